The molecule has 0 atom stereocenters. The van der Waals surface area contributed by atoms with E-state index in [9.17, 15) is 4.79 Å². The van der Waals surface area contributed by atoms with Crippen LogP contribution in [0.4, 0.5) is 5.13 Å². The lowest BCUT2D eigenvalue weighted by Gasteiger charge is -1.98. The van der Waals surface area contributed by atoms with Crippen molar-refractivity contribution in [3.05, 3.63) is 64.1 Å². The summed E-state index contributed by atoms with van der Waals surface area (Å²) in [6.45, 7) is 4.03. The number of nitrogens with zero attached hydrogens (tertiary/aromatic N) is 2. The quantitative estimate of drug-likeness (QED) is 0.773. The van der Waals surface area contributed by atoms with Gasteiger partial charge in [-0.1, -0.05) is 48.1 Å². The van der Waals surface area contributed by atoms with E-state index in [-0.39, 0.29) is 11.7 Å². The van der Waals surface area contributed by atoms with Crippen LogP contribution in [0.5, 0.6) is 0 Å². The number of carbonyl (C=O) groups is 1. The van der Waals surface area contributed by atoms with Crippen molar-refractivity contribution in [3.8, 4) is 0 Å². The molecule has 23 heavy (non-hydrogen) atoms. The molecule has 0 saturated heterocycles. The second-order valence-electron chi connectivity index (χ2n) is 5.24. The van der Waals surface area contributed by atoms with Crippen LogP contribution >= 0.6 is 11.3 Å². The molecule has 0 bridgehead atoms. The molecule has 0 saturated carbocycles. The Morgan fingerprint density at radius 3 is 2.65 bits per heavy atom. The van der Waals surface area contributed by atoms with E-state index in [1.165, 1.54) is 22.5 Å². The van der Waals surface area contributed by atoms with Crippen molar-refractivity contribution in [1.82, 2.24) is 10.2 Å². The van der Waals surface area contributed by atoms with Crippen LogP contribution in [0.25, 0.3) is 0 Å². The van der Waals surface area contributed by atoms with E-state index in [0.717, 1.165) is 17.2 Å². The van der Waals surface area contributed by atoms with E-state index in [0.29, 0.717) is 11.6 Å². The number of hydrogen-bond acceptors (Lipinski definition) is 5. The second kappa shape index (κ2) is 6.75. The fraction of sp³-hybridized carbons (Fsp3) is 0.235. The normalized spacial score (nSPS) is 10.7. The fourth-order valence-corrected chi connectivity index (χ4v) is 2.87. The van der Waals surface area contributed by atoms with Gasteiger partial charge in [-0.15, -0.1) is 10.2 Å². The van der Waals surface area contributed by atoms with E-state index in [2.05, 4.69) is 46.7 Å². The van der Waals surface area contributed by atoms with Crippen LogP contribution in [0.3, 0.4) is 0 Å². The summed E-state index contributed by atoms with van der Waals surface area (Å²) in [5.74, 6) is 0.771. The fourth-order valence-electron chi connectivity index (χ4n) is 2.10. The van der Waals surface area contributed by atoms with E-state index in [4.69, 9.17) is 4.42 Å². The predicted molar refractivity (Wildman–Crippen MR) is 89.9 cm³/mol. The molecular weight excluding hydrogens is 310 g/mol. The Balaban J connectivity index is 1.64. The molecular formula is C17H17N3O2S. The van der Waals surface area contributed by atoms with Gasteiger partial charge in [-0.2, -0.15) is 0 Å². The molecule has 1 N–H and O–H groups in total. The first kappa shape index (κ1) is 15.4. The number of benzene rings is 1. The lowest BCUT2D eigenvalue weighted by atomic mass is 10.1. The molecule has 0 spiro atoms. The van der Waals surface area contributed by atoms with Crippen LogP contribution in [-0.2, 0) is 12.8 Å². The van der Waals surface area contributed by atoms with Crippen LogP contribution in [0.2, 0.25) is 0 Å². The highest BCUT2D eigenvalue weighted by Gasteiger charge is 2.14. The van der Waals surface area contributed by atoms with Crippen molar-refractivity contribution in [2.75, 3.05) is 5.32 Å². The minimum absolute atomic E-state index is 0.289. The number of aromatic nitrogens is 2. The van der Waals surface area contributed by atoms with Gasteiger partial charge < -0.3 is 4.42 Å². The standard InChI is InChI=1S/C17H17N3O2S/c1-3-13-8-9-14(22-13)16(21)18-17-20-19-15(23-17)10-12-6-4-11(2)5-7-12/h4-9H,3,10H2,1-2H3,(H,18,20,21). The van der Waals surface area contributed by atoms with Gasteiger partial charge in [0.2, 0.25) is 5.13 Å². The van der Waals surface area contributed by atoms with E-state index >= 15 is 0 Å². The summed E-state index contributed by atoms with van der Waals surface area (Å²) in [6.07, 6.45) is 1.46. The van der Waals surface area contributed by atoms with Gasteiger partial charge in [0.1, 0.15) is 10.8 Å². The van der Waals surface area contributed by atoms with Crippen molar-refractivity contribution in [3.63, 3.8) is 0 Å². The first-order valence-corrected chi connectivity index (χ1v) is 8.23. The molecule has 0 unspecified atom stereocenters. The van der Waals surface area contributed by atoms with Gasteiger partial charge >= 0.3 is 0 Å². The molecule has 1 amide bonds. The molecule has 0 fully saturated rings. The van der Waals surface area contributed by atoms with Gasteiger partial charge in [0, 0.05) is 12.8 Å². The monoisotopic (exact) mass is 327 g/mol. The maximum atomic E-state index is 12.1. The molecule has 3 aromatic rings. The number of amides is 1. The maximum absolute atomic E-state index is 12.1. The summed E-state index contributed by atoms with van der Waals surface area (Å²) in [5.41, 5.74) is 2.40. The first-order chi connectivity index (χ1) is 11.1. The summed E-state index contributed by atoms with van der Waals surface area (Å²) in [5, 5.41) is 12.2. The van der Waals surface area contributed by atoms with Gasteiger partial charge in [-0.05, 0) is 24.6 Å². The lowest BCUT2D eigenvalue weighted by molar-refractivity contribution is 0.0995. The lowest BCUT2D eigenvalue weighted by Crippen LogP contribution is -2.10. The highest BCUT2D eigenvalue weighted by atomic mass is 32.1. The van der Waals surface area contributed by atoms with E-state index in [1.54, 1.807) is 12.1 Å². The Labute approximate surface area is 138 Å². The van der Waals surface area contributed by atoms with Gasteiger partial charge in [-0.3, -0.25) is 10.1 Å². The molecule has 1 aromatic carbocycles. The van der Waals surface area contributed by atoms with Crippen LogP contribution in [0.1, 0.15) is 39.4 Å². The molecule has 5 nitrogen and oxygen atoms in total. The van der Waals surface area contributed by atoms with E-state index in [1.807, 2.05) is 6.92 Å². The molecule has 0 aliphatic heterocycles. The Kier molecular flexibility index (Phi) is 4.52. The third-order valence-corrected chi connectivity index (χ3v) is 4.24. The van der Waals surface area contributed by atoms with E-state index < -0.39 is 0 Å². The number of anilines is 1. The SMILES string of the molecule is CCc1ccc(C(=O)Nc2nnc(Cc3ccc(C)cc3)s2)o1. The van der Waals surface area contributed by atoms with Gasteiger partial charge in [-0.25, -0.2) is 0 Å². The highest BCUT2D eigenvalue weighted by molar-refractivity contribution is 7.15. The van der Waals surface area contributed by atoms with Gasteiger partial charge in [0.05, 0.1) is 0 Å². The predicted octanol–water partition coefficient (Wildman–Crippen LogP) is 3.85. The first-order valence-electron chi connectivity index (χ1n) is 7.42. The summed E-state index contributed by atoms with van der Waals surface area (Å²) in [6, 6.07) is 11.8. The van der Waals surface area contributed by atoms with Crippen molar-refractivity contribution in [2.24, 2.45) is 0 Å². The number of hydrogen-bond donors (Lipinski definition) is 1. The van der Waals surface area contributed by atoms with Crippen LogP contribution < -0.4 is 5.32 Å². The highest BCUT2D eigenvalue weighted by Crippen LogP contribution is 2.20. The molecule has 2 heterocycles. The molecule has 6 heteroatoms. The summed E-state index contributed by atoms with van der Waals surface area (Å²) in [7, 11) is 0. The molecule has 0 aliphatic carbocycles. The Morgan fingerprint density at radius 1 is 1.17 bits per heavy atom. The average molecular weight is 327 g/mol. The topological polar surface area (TPSA) is 68.0 Å². The molecule has 2 aromatic heterocycles. The molecule has 0 radical (unpaired) electrons. The number of aryl methyl sites for hydroxylation is 2. The molecule has 3 rings (SSSR count). The number of carbonyl (C=O) groups excluding carboxylic acids is 1. The number of furan rings is 1. The third kappa shape index (κ3) is 3.84. The minimum atomic E-state index is -0.303. The zero-order chi connectivity index (χ0) is 16.2. The summed E-state index contributed by atoms with van der Waals surface area (Å²) < 4.78 is 5.42. The summed E-state index contributed by atoms with van der Waals surface area (Å²) in [4.78, 5) is 12.1. The zero-order valence-corrected chi connectivity index (χ0v) is 13.8. The number of nitrogens with one attached hydrogen (secondary N) is 1. The van der Waals surface area contributed by atoms with Gasteiger partial charge in [0.25, 0.3) is 5.91 Å². The van der Waals surface area contributed by atoms with Crippen molar-refractivity contribution < 1.29 is 9.21 Å². The number of rotatable bonds is 5. The Morgan fingerprint density at radius 2 is 1.96 bits per heavy atom. The minimum Gasteiger partial charge on any atom is -0.456 e. The second-order valence-corrected chi connectivity index (χ2v) is 6.30. The summed E-state index contributed by atoms with van der Waals surface area (Å²) >= 11 is 1.37. The largest absolute Gasteiger partial charge is 0.456 e. The maximum Gasteiger partial charge on any atom is 0.293 e. The molecule has 0 aliphatic rings. The van der Waals surface area contributed by atoms with Crippen LogP contribution in [0.15, 0.2) is 40.8 Å². The zero-order valence-electron chi connectivity index (χ0n) is 13.0. The van der Waals surface area contributed by atoms with Crippen LogP contribution in [-0.4, -0.2) is 16.1 Å². The molecule has 118 valence electrons. The van der Waals surface area contributed by atoms with Crippen LogP contribution in [0, 0.1) is 6.92 Å². The van der Waals surface area contributed by atoms with Crippen molar-refractivity contribution >= 4 is 22.4 Å². The van der Waals surface area contributed by atoms with Crippen molar-refractivity contribution in [1.29, 1.82) is 0 Å². The Hall–Kier alpha value is -2.47. The average Bonchev–Trinajstić information content (AvgIpc) is 3.19. The Bertz CT molecular complexity index is 805. The van der Waals surface area contributed by atoms with Gasteiger partial charge in [0.15, 0.2) is 5.76 Å². The third-order valence-electron chi connectivity index (χ3n) is 3.40. The smallest absolute Gasteiger partial charge is 0.293 e. The van der Waals surface area contributed by atoms with Crippen molar-refractivity contribution in [2.45, 2.75) is 26.7 Å².